The molecule has 4 rings (SSSR count). The maximum absolute atomic E-state index is 5.99. The molecule has 2 aromatic heterocycles. The lowest BCUT2D eigenvalue weighted by Crippen LogP contribution is -2.43. The number of fused-ring (bicyclic) bond motifs is 1. The lowest BCUT2D eigenvalue weighted by molar-refractivity contribution is 0.205. The largest absolute Gasteiger partial charge is 0.472 e. The first kappa shape index (κ1) is 17.8. The Balaban J connectivity index is 1.28. The summed E-state index contributed by atoms with van der Waals surface area (Å²) in [4.78, 5) is 11.0. The SMILES string of the molecule is CN=C(NCC1CCc2nnc(C)n2C1)N1CCC(Oc2ccccn2)C1. The second kappa shape index (κ2) is 7.94. The van der Waals surface area contributed by atoms with Crippen LogP contribution in [-0.4, -0.2) is 63.4 Å². The molecule has 0 aromatic carbocycles. The standard InChI is InChI=1S/C19H27N7O/c1-14-23-24-17-7-6-15(12-26(14)17)11-22-19(20-2)25-10-8-16(13-25)27-18-5-3-4-9-21-18/h3-5,9,15-16H,6-8,10-13H2,1-2H3,(H,20,22). The summed E-state index contributed by atoms with van der Waals surface area (Å²) in [5.74, 6) is 4.32. The number of hydrogen-bond donors (Lipinski definition) is 1. The molecule has 2 aromatic rings. The molecule has 1 N–H and O–H groups in total. The van der Waals surface area contributed by atoms with E-state index in [1.54, 1.807) is 6.20 Å². The summed E-state index contributed by atoms with van der Waals surface area (Å²) >= 11 is 0. The minimum absolute atomic E-state index is 0.148. The Bertz CT molecular complexity index is 789. The number of nitrogens with one attached hydrogen (secondary N) is 1. The van der Waals surface area contributed by atoms with Gasteiger partial charge < -0.3 is 19.5 Å². The number of aromatic nitrogens is 4. The van der Waals surface area contributed by atoms with Gasteiger partial charge in [0.1, 0.15) is 17.8 Å². The first-order valence-corrected chi connectivity index (χ1v) is 9.65. The number of guanidine groups is 1. The van der Waals surface area contributed by atoms with E-state index in [0.717, 1.165) is 63.0 Å². The maximum Gasteiger partial charge on any atom is 0.213 e. The first-order chi connectivity index (χ1) is 13.2. The molecule has 0 bridgehead atoms. The summed E-state index contributed by atoms with van der Waals surface area (Å²) in [6.45, 7) is 5.68. The fraction of sp³-hybridized carbons (Fsp3) is 0.579. The van der Waals surface area contributed by atoms with Gasteiger partial charge in [-0.25, -0.2) is 4.98 Å². The third-order valence-electron chi connectivity index (χ3n) is 5.36. The summed E-state index contributed by atoms with van der Waals surface area (Å²) in [5, 5.41) is 12.0. The molecule has 2 aliphatic rings. The van der Waals surface area contributed by atoms with E-state index in [1.165, 1.54) is 0 Å². The van der Waals surface area contributed by atoms with Crippen molar-refractivity contribution < 1.29 is 4.74 Å². The predicted octanol–water partition coefficient (Wildman–Crippen LogP) is 1.27. The average Bonchev–Trinajstić information content (AvgIpc) is 3.30. The van der Waals surface area contributed by atoms with Crippen LogP contribution < -0.4 is 10.1 Å². The molecule has 0 saturated carbocycles. The predicted molar refractivity (Wildman–Crippen MR) is 103 cm³/mol. The van der Waals surface area contributed by atoms with Crippen LogP contribution in [0.3, 0.4) is 0 Å². The molecule has 8 nitrogen and oxygen atoms in total. The Morgan fingerprint density at radius 3 is 3.04 bits per heavy atom. The zero-order valence-electron chi connectivity index (χ0n) is 16.0. The zero-order chi connectivity index (χ0) is 18.6. The van der Waals surface area contributed by atoms with Gasteiger partial charge in [0, 0.05) is 51.8 Å². The molecule has 2 aliphatic heterocycles. The van der Waals surface area contributed by atoms with Crippen LogP contribution in [0, 0.1) is 12.8 Å². The van der Waals surface area contributed by atoms with Gasteiger partial charge in [-0.05, 0) is 25.3 Å². The van der Waals surface area contributed by atoms with Crippen molar-refractivity contribution in [2.45, 2.75) is 38.8 Å². The minimum Gasteiger partial charge on any atom is -0.472 e. The molecular weight excluding hydrogens is 342 g/mol. The van der Waals surface area contributed by atoms with Crippen molar-refractivity contribution in [3.05, 3.63) is 36.0 Å². The normalized spacial score (nSPS) is 22.6. The third kappa shape index (κ3) is 4.04. The molecule has 2 unspecified atom stereocenters. The zero-order valence-corrected chi connectivity index (χ0v) is 16.0. The van der Waals surface area contributed by atoms with E-state index >= 15 is 0 Å². The molecule has 8 heteroatoms. The minimum atomic E-state index is 0.148. The molecule has 0 radical (unpaired) electrons. The summed E-state index contributed by atoms with van der Waals surface area (Å²) in [6, 6.07) is 5.75. The Hall–Kier alpha value is -2.64. The highest BCUT2D eigenvalue weighted by molar-refractivity contribution is 5.80. The number of rotatable bonds is 4. The van der Waals surface area contributed by atoms with Gasteiger partial charge in [0.05, 0.1) is 6.54 Å². The lowest BCUT2D eigenvalue weighted by atomic mass is 9.99. The van der Waals surface area contributed by atoms with Gasteiger partial charge in [0.15, 0.2) is 5.96 Å². The van der Waals surface area contributed by atoms with Gasteiger partial charge in [-0.15, -0.1) is 10.2 Å². The topological polar surface area (TPSA) is 80.5 Å². The Morgan fingerprint density at radius 2 is 2.22 bits per heavy atom. The lowest BCUT2D eigenvalue weighted by Gasteiger charge is -2.27. The fourth-order valence-corrected chi connectivity index (χ4v) is 3.87. The summed E-state index contributed by atoms with van der Waals surface area (Å²) in [5.41, 5.74) is 0. The van der Waals surface area contributed by atoms with Crippen molar-refractivity contribution in [3.63, 3.8) is 0 Å². The van der Waals surface area contributed by atoms with Crippen molar-refractivity contribution in [3.8, 4) is 5.88 Å². The van der Waals surface area contributed by atoms with Gasteiger partial charge in [-0.1, -0.05) is 6.07 Å². The molecule has 27 heavy (non-hydrogen) atoms. The van der Waals surface area contributed by atoms with Crippen LogP contribution in [0.15, 0.2) is 29.4 Å². The Kier molecular flexibility index (Phi) is 5.22. The monoisotopic (exact) mass is 369 g/mol. The number of likely N-dealkylation sites (tertiary alicyclic amines) is 1. The molecule has 0 spiro atoms. The molecule has 144 valence electrons. The smallest absolute Gasteiger partial charge is 0.213 e. The van der Waals surface area contributed by atoms with Crippen molar-refractivity contribution >= 4 is 5.96 Å². The van der Waals surface area contributed by atoms with E-state index in [0.29, 0.717) is 11.8 Å². The number of aliphatic imine (C=N–C) groups is 1. The molecule has 0 aliphatic carbocycles. The van der Waals surface area contributed by atoms with E-state index in [1.807, 2.05) is 32.2 Å². The van der Waals surface area contributed by atoms with Gasteiger partial charge in [0.25, 0.3) is 0 Å². The number of nitrogens with zero attached hydrogens (tertiary/aromatic N) is 6. The van der Waals surface area contributed by atoms with Crippen LogP contribution in [0.4, 0.5) is 0 Å². The van der Waals surface area contributed by atoms with E-state index in [-0.39, 0.29) is 6.10 Å². The maximum atomic E-state index is 5.99. The number of ether oxygens (including phenoxy) is 1. The van der Waals surface area contributed by atoms with Gasteiger partial charge in [-0.2, -0.15) is 0 Å². The quantitative estimate of drug-likeness (QED) is 0.646. The van der Waals surface area contributed by atoms with Crippen LogP contribution in [0.25, 0.3) is 0 Å². The summed E-state index contributed by atoms with van der Waals surface area (Å²) in [6.07, 6.45) is 5.01. The second-order valence-corrected chi connectivity index (χ2v) is 7.25. The van der Waals surface area contributed by atoms with E-state index in [9.17, 15) is 0 Å². The highest BCUT2D eigenvalue weighted by Crippen LogP contribution is 2.20. The number of hydrogen-bond acceptors (Lipinski definition) is 5. The van der Waals surface area contributed by atoms with Crippen molar-refractivity contribution in [2.75, 3.05) is 26.7 Å². The van der Waals surface area contributed by atoms with E-state index in [2.05, 4.69) is 35.0 Å². The number of aryl methyl sites for hydroxylation is 2. The van der Waals surface area contributed by atoms with Crippen molar-refractivity contribution in [2.24, 2.45) is 10.9 Å². The Morgan fingerprint density at radius 1 is 1.30 bits per heavy atom. The van der Waals surface area contributed by atoms with Gasteiger partial charge in [-0.3, -0.25) is 4.99 Å². The first-order valence-electron chi connectivity index (χ1n) is 9.65. The van der Waals surface area contributed by atoms with Crippen molar-refractivity contribution in [1.29, 1.82) is 0 Å². The molecule has 1 fully saturated rings. The second-order valence-electron chi connectivity index (χ2n) is 7.25. The van der Waals surface area contributed by atoms with E-state index < -0.39 is 0 Å². The fourth-order valence-electron chi connectivity index (χ4n) is 3.87. The van der Waals surface area contributed by atoms with Crippen molar-refractivity contribution in [1.82, 2.24) is 30.0 Å². The van der Waals surface area contributed by atoms with Gasteiger partial charge >= 0.3 is 0 Å². The Labute approximate surface area is 159 Å². The van der Waals surface area contributed by atoms with Crippen LogP contribution >= 0.6 is 0 Å². The third-order valence-corrected chi connectivity index (χ3v) is 5.36. The van der Waals surface area contributed by atoms with Crippen LogP contribution in [0.2, 0.25) is 0 Å². The molecule has 4 heterocycles. The van der Waals surface area contributed by atoms with Crippen LogP contribution in [0.1, 0.15) is 24.5 Å². The van der Waals surface area contributed by atoms with Gasteiger partial charge in [0.2, 0.25) is 5.88 Å². The molecule has 1 saturated heterocycles. The summed E-state index contributed by atoms with van der Waals surface area (Å²) in [7, 11) is 1.85. The molecule has 2 atom stereocenters. The average molecular weight is 369 g/mol. The van der Waals surface area contributed by atoms with E-state index in [4.69, 9.17) is 4.74 Å². The summed E-state index contributed by atoms with van der Waals surface area (Å²) < 4.78 is 8.23. The van der Waals surface area contributed by atoms with Crippen LogP contribution in [0.5, 0.6) is 5.88 Å². The molecular formula is C19H27N7O. The number of pyridine rings is 1. The highest BCUT2D eigenvalue weighted by Gasteiger charge is 2.27. The highest BCUT2D eigenvalue weighted by atomic mass is 16.5. The van der Waals surface area contributed by atoms with Crippen LogP contribution in [-0.2, 0) is 13.0 Å². The molecule has 0 amide bonds.